The van der Waals surface area contributed by atoms with Gasteiger partial charge in [0.05, 0.1) is 5.02 Å². The van der Waals surface area contributed by atoms with Crippen LogP contribution < -0.4 is 5.32 Å². The molecular formula is C20H11Cl3N2O2. The highest BCUT2D eigenvalue weighted by atomic mass is 35.5. The molecule has 1 heterocycles. The number of benzene rings is 2. The molecule has 1 amide bonds. The molecule has 27 heavy (non-hydrogen) atoms. The lowest BCUT2D eigenvalue weighted by molar-refractivity contribution is -0.112. The van der Waals surface area contributed by atoms with Crippen LogP contribution in [-0.2, 0) is 4.79 Å². The number of anilines is 1. The zero-order chi connectivity index (χ0) is 19.4. The Morgan fingerprint density at radius 1 is 1.00 bits per heavy atom. The number of hydrogen-bond acceptors (Lipinski definition) is 3. The number of furan rings is 1. The molecule has 134 valence electrons. The molecule has 0 fully saturated rings. The summed E-state index contributed by atoms with van der Waals surface area (Å²) in [5.41, 5.74) is 1.03. The van der Waals surface area contributed by atoms with E-state index in [1.165, 1.54) is 6.08 Å². The molecule has 2 aromatic carbocycles. The molecule has 1 aromatic heterocycles. The summed E-state index contributed by atoms with van der Waals surface area (Å²) in [6, 6.07) is 16.8. The molecule has 0 aliphatic carbocycles. The van der Waals surface area contributed by atoms with Crippen LogP contribution in [0, 0.1) is 11.3 Å². The predicted molar refractivity (Wildman–Crippen MR) is 108 cm³/mol. The van der Waals surface area contributed by atoms with Crippen LogP contribution in [0.5, 0.6) is 0 Å². The van der Waals surface area contributed by atoms with Crippen LogP contribution in [0.3, 0.4) is 0 Å². The summed E-state index contributed by atoms with van der Waals surface area (Å²) in [4.78, 5) is 12.3. The third-order valence-corrected chi connectivity index (χ3v) is 4.39. The van der Waals surface area contributed by atoms with E-state index in [4.69, 9.17) is 39.2 Å². The van der Waals surface area contributed by atoms with Gasteiger partial charge in [-0.15, -0.1) is 0 Å². The fraction of sp³-hybridized carbons (Fsp3) is 0. The van der Waals surface area contributed by atoms with Gasteiger partial charge < -0.3 is 9.73 Å². The van der Waals surface area contributed by atoms with Gasteiger partial charge in [-0.25, -0.2) is 0 Å². The van der Waals surface area contributed by atoms with E-state index < -0.39 is 5.91 Å². The van der Waals surface area contributed by atoms with E-state index in [0.717, 1.165) is 0 Å². The molecule has 3 aromatic rings. The Morgan fingerprint density at radius 2 is 1.70 bits per heavy atom. The second-order valence-corrected chi connectivity index (χ2v) is 6.74. The molecule has 0 aliphatic heterocycles. The molecule has 0 saturated carbocycles. The van der Waals surface area contributed by atoms with E-state index in [-0.39, 0.29) is 5.57 Å². The van der Waals surface area contributed by atoms with Crippen molar-refractivity contribution < 1.29 is 9.21 Å². The van der Waals surface area contributed by atoms with Crippen molar-refractivity contribution in [2.75, 3.05) is 5.32 Å². The van der Waals surface area contributed by atoms with Gasteiger partial charge in [0.15, 0.2) is 0 Å². The molecular weight excluding hydrogens is 407 g/mol. The second-order valence-electron chi connectivity index (χ2n) is 5.46. The summed E-state index contributed by atoms with van der Waals surface area (Å²) in [5.74, 6) is 0.256. The van der Waals surface area contributed by atoms with Gasteiger partial charge in [-0.2, -0.15) is 5.26 Å². The second kappa shape index (κ2) is 8.32. The van der Waals surface area contributed by atoms with Crippen LogP contribution >= 0.6 is 34.8 Å². The fourth-order valence-electron chi connectivity index (χ4n) is 2.28. The Hall–Kier alpha value is -2.71. The largest absolute Gasteiger partial charge is 0.457 e. The normalized spacial score (nSPS) is 11.1. The summed E-state index contributed by atoms with van der Waals surface area (Å²) in [6.45, 7) is 0. The number of carbonyl (C=O) groups excluding carboxylic acids is 1. The van der Waals surface area contributed by atoms with Crippen molar-refractivity contribution in [1.82, 2.24) is 0 Å². The van der Waals surface area contributed by atoms with Crippen molar-refractivity contribution in [3.8, 4) is 17.4 Å². The van der Waals surface area contributed by atoms with E-state index in [9.17, 15) is 10.1 Å². The van der Waals surface area contributed by atoms with Gasteiger partial charge in [0.2, 0.25) is 0 Å². The fourth-order valence-corrected chi connectivity index (χ4v) is 2.79. The van der Waals surface area contributed by atoms with Gasteiger partial charge >= 0.3 is 0 Å². The van der Waals surface area contributed by atoms with Gasteiger partial charge in [-0.1, -0.05) is 34.8 Å². The molecule has 7 heteroatoms. The summed E-state index contributed by atoms with van der Waals surface area (Å²) >= 11 is 18.0. The molecule has 0 bridgehead atoms. The number of halogens is 3. The first-order chi connectivity index (χ1) is 13.0. The van der Waals surface area contributed by atoms with E-state index in [0.29, 0.717) is 37.8 Å². The van der Waals surface area contributed by atoms with Crippen molar-refractivity contribution >= 4 is 52.5 Å². The summed E-state index contributed by atoms with van der Waals surface area (Å²) in [7, 11) is 0. The van der Waals surface area contributed by atoms with Gasteiger partial charge in [-0.3, -0.25) is 4.79 Å². The van der Waals surface area contributed by atoms with Crippen LogP contribution in [-0.4, -0.2) is 5.91 Å². The van der Waals surface area contributed by atoms with Gasteiger partial charge in [0.25, 0.3) is 5.91 Å². The maximum Gasteiger partial charge on any atom is 0.266 e. The third-order valence-electron chi connectivity index (χ3n) is 3.57. The number of carbonyl (C=O) groups is 1. The molecule has 0 spiro atoms. The van der Waals surface area contributed by atoms with Crippen LogP contribution in [0.1, 0.15) is 5.76 Å². The maximum absolute atomic E-state index is 12.3. The summed E-state index contributed by atoms with van der Waals surface area (Å²) in [5, 5.41) is 13.5. The van der Waals surface area contributed by atoms with Gasteiger partial charge in [0, 0.05) is 27.4 Å². The lowest BCUT2D eigenvalue weighted by Crippen LogP contribution is -2.13. The number of nitrogens with zero attached hydrogens (tertiary/aromatic N) is 1. The zero-order valence-corrected chi connectivity index (χ0v) is 15.9. The minimum Gasteiger partial charge on any atom is -0.457 e. The molecule has 0 atom stereocenters. The minimum absolute atomic E-state index is 0.108. The van der Waals surface area contributed by atoms with Crippen LogP contribution in [0.2, 0.25) is 15.1 Å². The summed E-state index contributed by atoms with van der Waals surface area (Å²) < 4.78 is 5.69. The van der Waals surface area contributed by atoms with Gasteiger partial charge in [-0.05, 0) is 54.6 Å². The smallest absolute Gasteiger partial charge is 0.266 e. The van der Waals surface area contributed by atoms with Gasteiger partial charge in [0.1, 0.15) is 23.2 Å². The molecule has 0 radical (unpaired) electrons. The Morgan fingerprint density at radius 3 is 2.41 bits per heavy atom. The number of hydrogen-bond donors (Lipinski definition) is 1. The first-order valence-electron chi connectivity index (χ1n) is 7.70. The Balaban J connectivity index is 1.83. The number of rotatable bonds is 4. The highest BCUT2D eigenvalue weighted by Crippen LogP contribution is 2.32. The van der Waals surface area contributed by atoms with Crippen molar-refractivity contribution in [3.05, 3.63) is 81.0 Å². The molecule has 3 rings (SSSR count). The Kier molecular flexibility index (Phi) is 5.88. The van der Waals surface area contributed by atoms with Crippen molar-refractivity contribution in [2.45, 2.75) is 0 Å². The first kappa shape index (κ1) is 19.1. The monoisotopic (exact) mass is 416 g/mol. The molecule has 0 saturated heterocycles. The molecule has 4 nitrogen and oxygen atoms in total. The van der Waals surface area contributed by atoms with E-state index in [1.54, 1.807) is 54.6 Å². The van der Waals surface area contributed by atoms with Crippen LogP contribution in [0.25, 0.3) is 17.4 Å². The van der Waals surface area contributed by atoms with Crippen molar-refractivity contribution in [1.29, 1.82) is 5.26 Å². The number of nitriles is 1. The maximum atomic E-state index is 12.3. The topological polar surface area (TPSA) is 66.0 Å². The average Bonchev–Trinajstić information content (AvgIpc) is 3.12. The average molecular weight is 418 g/mol. The quantitative estimate of drug-likeness (QED) is 0.392. The standard InChI is InChI=1S/C20H11Cl3N2O2/c21-13-1-4-15(5-2-13)25-20(26)12(11-24)9-16-6-8-19(27-16)17-10-14(22)3-7-18(17)23/h1-10H,(H,25,26)/b12-9+. The Bertz CT molecular complexity index is 1060. The third kappa shape index (κ3) is 4.72. The minimum atomic E-state index is -0.557. The van der Waals surface area contributed by atoms with E-state index >= 15 is 0 Å². The molecule has 0 aliphatic rings. The van der Waals surface area contributed by atoms with Crippen molar-refractivity contribution in [2.24, 2.45) is 0 Å². The van der Waals surface area contributed by atoms with Crippen LogP contribution in [0.4, 0.5) is 5.69 Å². The lowest BCUT2D eigenvalue weighted by Gasteiger charge is -2.04. The van der Waals surface area contributed by atoms with Crippen molar-refractivity contribution in [3.63, 3.8) is 0 Å². The van der Waals surface area contributed by atoms with E-state index in [2.05, 4.69) is 5.32 Å². The van der Waals surface area contributed by atoms with E-state index in [1.807, 2.05) is 6.07 Å². The summed E-state index contributed by atoms with van der Waals surface area (Å²) in [6.07, 6.45) is 1.35. The zero-order valence-electron chi connectivity index (χ0n) is 13.7. The lowest BCUT2D eigenvalue weighted by atomic mass is 10.2. The molecule has 1 N–H and O–H groups in total. The highest BCUT2D eigenvalue weighted by Gasteiger charge is 2.13. The Labute approximate surface area is 170 Å². The number of amides is 1. The highest BCUT2D eigenvalue weighted by molar-refractivity contribution is 6.35. The predicted octanol–water partition coefficient (Wildman–Crippen LogP) is 6.45. The molecule has 0 unspecified atom stereocenters. The first-order valence-corrected chi connectivity index (χ1v) is 8.83. The van der Waals surface area contributed by atoms with Crippen LogP contribution in [0.15, 0.2) is 64.6 Å². The SMILES string of the molecule is N#C/C(=C\c1ccc(-c2cc(Cl)ccc2Cl)o1)C(=O)Nc1ccc(Cl)cc1. The number of nitrogens with one attached hydrogen (secondary N) is 1.